The summed E-state index contributed by atoms with van der Waals surface area (Å²) >= 11 is 0. The van der Waals surface area contributed by atoms with Crippen LogP contribution in [0.25, 0.3) is 0 Å². The number of ketones is 1. The van der Waals surface area contributed by atoms with E-state index >= 15 is 0 Å². The monoisotopic (exact) mass is 437 g/mol. The third-order valence-electron chi connectivity index (χ3n) is 11.4. The van der Waals surface area contributed by atoms with Gasteiger partial charge in [-0.25, -0.2) is 0 Å². The Morgan fingerprint density at radius 3 is 2.59 bits per heavy atom. The van der Waals surface area contributed by atoms with E-state index in [1.165, 1.54) is 32.1 Å². The molecule has 0 heterocycles. The van der Waals surface area contributed by atoms with Gasteiger partial charge in [0.2, 0.25) is 0 Å². The molecule has 0 saturated heterocycles. The van der Waals surface area contributed by atoms with Crippen molar-refractivity contribution >= 4 is 5.78 Å². The second kappa shape index (κ2) is 7.43. The van der Waals surface area contributed by atoms with Crippen molar-refractivity contribution in [2.24, 2.45) is 45.8 Å². The molecule has 5 aliphatic carbocycles. The van der Waals surface area contributed by atoms with Gasteiger partial charge in [0.05, 0.1) is 11.7 Å². The minimum Gasteiger partial charge on any atom is -0.390 e. The van der Waals surface area contributed by atoms with Crippen LogP contribution in [-0.4, -0.2) is 16.5 Å². The summed E-state index contributed by atoms with van der Waals surface area (Å²) in [5.74, 6) is 3.58. The van der Waals surface area contributed by atoms with E-state index in [4.69, 9.17) is 0 Å². The van der Waals surface area contributed by atoms with Gasteiger partial charge < -0.3 is 5.11 Å². The number of hydrogen-bond donors (Lipinski definition) is 1. The van der Waals surface area contributed by atoms with Crippen molar-refractivity contribution in [1.82, 2.24) is 0 Å². The minimum absolute atomic E-state index is 0.205. The molecule has 32 heavy (non-hydrogen) atoms. The highest BCUT2D eigenvalue weighted by Gasteiger charge is 2.58. The summed E-state index contributed by atoms with van der Waals surface area (Å²) in [7, 11) is 0. The summed E-state index contributed by atoms with van der Waals surface area (Å²) in [4.78, 5) is 12.6. The van der Waals surface area contributed by atoms with E-state index in [9.17, 15) is 15.2 Å². The first-order valence-electron chi connectivity index (χ1n) is 13.4. The van der Waals surface area contributed by atoms with Gasteiger partial charge in [-0.15, -0.1) is 0 Å². The highest BCUT2D eigenvalue weighted by molar-refractivity contribution is 5.90. The lowest BCUT2D eigenvalue weighted by Gasteiger charge is -2.58. The van der Waals surface area contributed by atoms with Gasteiger partial charge in [-0.05, 0) is 118 Å². The number of Topliss-reactive ketones (excluding diaryl/α,β-unsaturated/α-hetero) is 1. The molecule has 8 atom stereocenters. The summed E-state index contributed by atoms with van der Waals surface area (Å²) in [5.41, 5.74) is 1.31. The number of nitrogens with zero attached hydrogens (tertiary/aromatic N) is 1. The molecule has 0 aromatic carbocycles. The highest BCUT2D eigenvalue weighted by Crippen LogP contribution is 2.67. The molecular weight excluding hydrogens is 394 g/mol. The molecule has 176 valence electrons. The first-order valence-corrected chi connectivity index (χ1v) is 13.4. The van der Waals surface area contributed by atoms with Gasteiger partial charge in [0.1, 0.15) is 5.41 Å². The van der Waals surface area contributed by atoms with Gasteiger partial charge in [0.15, 0.2) is 5.78 Å². The lowest BCUT2D eigenvalue weighted by molar-refractivity contribution is -0.122. The molecule has 0 radical (unpaired) electrons. The largest absolute Gasteiger partial charge is 0.390 e. The number of carbonyl (C=O) groups is 1. The van der Waals surface area contributed by atoms with E-state index < -0.39 is 11.0 Å². The van der Waals surface area contributed by atoms with Crippen LogP contribution in [0.3, 0.4) is 0 Å². The van der Waals surface area contributed by atoms with Crippen LogP contribution in [0.4, 0.5) is 0 Å². The number of rotatable bonds is 5. The molecule has 0 aromatic rings. The molecule has 0 bridgehead atoms. The summed E-state index contributed by atoms with van der Waals surface area (Å²) < 4.78 is 0. The Labute approximate surface area is 195 Å². The van der Waals surface area contributed by atoms with E-state index in [1.807, 2.05) is 6.92 Å². The third-order valence-corrected chi connectivity index (χ3v) is 11.4. The molecule has 5 aliphatic rings. The highest BCUT2D eigenvalue weighted by atomic mass is 16.3. The lowest BCUT2D eigenvalue weighted by Crippen LogP contribution is -2.50. The van der Waals surface area contributed by atoms with Gasteiger partial charge in [0.25, 0.3) is 0 Å². The Hall–Kier alpha value is -1.14. The number of fused-ring (bicyclic) bond motifs is 5. The van der Waals surface area contributed by atoms with Crippen LogP contribution in [0.2, 0.25) is 0 Å². The van der Waals surface area contributed by atoms with Crippen molar-refractivity contribution in [3.8, 4) is 6.07 Å². The van der Waals surface area contributed by atoms with Crippen LogP contribution >= 0.6 is 0 Å². The summed E-state index contributed by atoms with van der Waals surface area (Å²) in [6.45, 7) is 9.48. The zero-order valence-corrected chi connectivity index (χ0v) is 20.8. The zero-order valence-electron chi connectivity index (χ0n) is 20.8. The normalized spacial score (nSPS) is 47.3. The second-order valence-electron chi connectivity index (χ2n) is 13.3. The molecular formula is C29H43NO2. The molecule has 5 rings (SSSR count). The zero-order chi connectivity index (χ0) is 22.9. The van der Waals surface area contributed by atoms with E-state index in [2.05, 4.69) is 32.9 Å². The van der Waals surface area contributed by atoms with Crippen LogP contribution in [0.15, 0.2) is 11.6 Å². The van der Waals surface area contributed by atoms with E-state index in [-0.39, 0.29) is 5.78 Å². The third kappa shape index (κ3) is 3.34. The molecule has 4 saturated carbocycles. The van der Waals surface area contributed by atoms with Crippen molar-refractivity contribution in [3.05, 3.63) is 11.6 Å². The van der Waals surface area contributed by atoms with E-state index in [1.54, 1.807) is 5.57 Å². The molecule has 0 amide bonds. The Balaban J connectivity index is 1.31. The minimum atomic E-state index is -0.608. The molecule has 3 heteroatoms. The number of allylic oxidation sites excluding steroid dienone is 2. The van der Waals surface area contributed by atoms with Crippen LogP contribution < -0.4 is 0 Å². The van der Waals surface area contributed by atoms with Gasteiger partial charge in [-0.1, -0.05) is 32.4 Å². The van der Waals surface area contributed by atoms with Crippen LogP contribution in [0.1, 0.15) is 105 Å². The van der Waals surface area contributed by atoms with E-state index in [0.29, 0.717) is 35.0 Å². The maximum absolute atomic E-state index is 12.6. The Morgan fingerprint density at radius 2 is 1.91 bits per heavy atom. The summed E-state index contributed by atoms with van der Waals surface area (Å²) in [6.07, 6.45) is 15.2. The fourth-order valence-electron chi connectivity index (χ4n) is 9.05. The van der Waals surface area contributed by atoms with Crippen molar-refractivity contribution < 1.29 is 9.90 Å². The van der Waals surface area contributed by atoms with Gasteiger partial charge in [0, 0.05) is 6.42 Å². The number of aliphatic hydroxyl groups is 1. The fourth-order valence-corrected chi connectivity index (χ4v) is 9.05. The lowest BCUT2D eigenvalue weighted by atomic mass is 9.47. The summed E-state index contributed by atoms with van der Waals surface area (Å²) in [6, 6.07) is 2.29. The van der Waals surface area contributed by atoms with Crippen LogP contribution in [0, 0.1) is 57.2 Å². The summed E-state index contributed by atoms with van der Waals surface area (Å²) in [5, 5.41) is 20.1. The first kappa shape index (κ1) is 22.6. The quantitative estimate of drug-likeness (QED) is 0.493. The maximum Gasteiger partial charge on any atom is 0.153 e. The Morgan fingerprint density at radius 1 is 1.16 bits per heavy atom. The smallest absolute Gasteiger partial charge is 0.153 e. The molecule has 0 spiro atoms. The molecule has 0 aliphatic heterocycles. The number of hydrogen-bond acceptors (Lipinski definition) is 3. The maximum atomic E-state index is 12.6. The van der Waals surface area contributed by atoms with Gasteiger partial charge >= 0.3 is 0 Å². The Kier molecular flexibility index (Phi) is 5.26. The molecule has 0 unspecified atom stereocenters. The predicted octanol–water partition coefficient (Wildman–Crippen LogP) is 6.61. The SMILES string of the molecule is C[C@H](CCC(=O)C1(C#N)CC1)[C@H]1CC[C@H]2[C@@H]3CC[C@H]4C[C@@](C)(O)CC[C@]4(C)C3=CC[C@]12C. The van der Waals surface area contributed by atoms with Gasteiger partial charge in [-0.3, -0.25) is 4.79 Å². The predicted molar refractivity (Wildman–Crippen MR) is 127 cm³/mol. The first-order chi connectivity index (χ1) is 15.0. The van der Waals surface area contributed by atoms with Crippen molar-refractivity contribution in [2.75, 3.05) is 0 Å². The molecule has 1 N–H and O–H groups in total. The topological polar surface area (TPSA) is 61.1 Å². The molecule has 0 aromatic heterocycles. The van der Waals surface area contributed by atoms with Crippen LogP contribution in [0.5, 0.6) is 0 Å². The number of nitriles is 1. The van der Waals surface area contributed by atoms with E-state index in [0.717, 1.165) is 50.4 Å². The second-order valence-corrected chi connectivity index (χ2v) is 13.3. The van der Waals surface area contributed by atoms with Crippen molar-refractivity contribution in [2.45, 2.75) is 110 Å². The van der Waals surface area contributed by atoms with Crippen molar-refractivity contribution in [3.63, 3.8) is 0 Å². The standard InChI is InChI=1S/C29H43NO2/c1-19(5-10-25(31)29(18-30)15-16-29)22-8-9-23-21-7-6-20-17-26(2,32)13-14-27(20,3)24(21)11-12-28(22,23)4/h11,19-23,32H,5-10,12-17H2,1-4H3/t19-,20+,21+,22-,23+,26+,27+,28-/m1/s1. The number of carbonyl (C=O) groups excluding carboxylic acids is 1. The van der Waals surface area contributed by atoms with Gasteiger partial charge in [-0.2, -0.15) is 5.26 Å². The average Bonchev–Trinajstić information content (AvgIpc) is 3.47. The Bertz CT molecular complexity index is 861. The van der Waals surface area contributed by atoms with Crippen molar-refractivity contribution in [1.29, 1.82) is 5.26 Å². The molecule has 3 nitrogen and oxygen atoms in total. The fraction of sp³-hybridized carbons (Fsp3) is 0.862. The molecule has 4 fully saturated rings. The average molecular weight is 438 g/mol. The van der Waals surface area contributed by atoms with Crippen LogP contribution in [-0.2, 0) is 4.79 Å².